The molecule has 3 N–H and O–H groups in total. The Labute approximate surface area is 100.0 Å². The standard InChI is InChI=1S/C12H15ClN2O/c1-8(9-2-4-10(13)5-3-9)15-11(16)12(14)6-7-12/h2-5,8H,6-7,14H2,1H3,(H,15,16)/t8-/m0/s1. The van der Waals surface area contributed by atoms with Crippen molar-refractivity contribution < 1.29 is 4.79 Å². The molecule has 0 heterocycles. The SMILES string of the molecule is C[C@H](NC(=O)C1(N)CC1)c1ccc(Cl)cc1. The average molecular weight is 239 g/mol. The van der Waals surface area contributed by atoms with E-state index in [4.69, 9.17) is 17.3 Å². The molecule has 0 radical (unpaired) electrons. The molecule has 0 aliphatic heterocycles. The molecule has 1 amide bonds. The first-order valence-electron chi connectivity index (χ1n) is 5.36. The molecule has 1 aromatic rings. The van der Waals surface area contributed by atoms with Crippen molar-refractivity contribution in [3.63, 3.8) is 0 Å². The number of nitrogens with two attached hydrogens (primary N) is 1. The second-order valence-corrected chi connectivity index (χ2v) is 4.84. The van der Waals surface area contributed by atoms with Crippen molar-refractivity contribution in [3.8, 4) is 0 Å². The maximum atomic E-state index is 11.7. The molecule has 1 fully saturated rings. The first-order valence-corrected chi connectivity index (χ1v) is 5.74. The third-order valence-corrected chi connectivity index (χ3v) is 3.21. The molecule has 1 atom stereocenters. The van der Waals surface area contributed by atoms with E-state index in [2.05, 4.69) is 5.32 Å². The van der Waals surface area contributed by atoms with Gasteiger partial charge >= 0.3 is 0 Å². The Morgan fingerprint density at radius 2 is 2.00 bits per heavy atom. The number of carbonyl (C=O) groups excluding carboxylic acids is 1. The zero-order valence-electron chi connectivity index (χ0n) is 9.16. The van der Waals surface area contributed by atoms with Crippen LogP contribution in [0.2, 0.25) is 5.02 Å². The molecule has 16 heavy (non-hydrogen) atoms. The van der Waals surface area contributed by atoms with Gasteiger partial charge < -0.3 is 11.1 Å². The summed E-state index contributed by atoms with van der Waals surface area (Å²) in [4.78, 5) is 11.7. The zero-order valence-corrected chi connectivity index (χ0v) is 9.92. The van der Waals surface area contributed by atoms with Crippen LogP contribution < -0.4 is 11.1 Å². The Balaban J connectivity index is 2.00. The van der Waals surface area contributed by atoms with E-state index in [1.807, 2.05) is 31.2 Å². The van der Waals surface area contributed by atoms with Crippen molar-refractivity contribution in [2.24, 2.45) is 5.73 Å². The highest BCUT2D eigenvalue weighted by atomic mass is 35.5. The normalized spacial score (nSPS) is 18.9. The third-order valence-electron chi connectivity index (χ3n) is 2.96. The Morgan fingerprint density at radius 3 is 2.50 bits per heavy atom. The van der Waals surface area contributed by atoms with Crippen LogP contribution in [-0.2, 0) is 4.79 Å². The van der Waals surface area contributed by atoms with Gasteiger partial charge in [0.1, 0.15) is 0 Å². The van der Waals surface area contributed by atoms with Gasteiger partial charge in [0.2, 0.25) is 5.91 Å². The highest BCUT2D eigenvalue weighted by Gasteiger charge is 2.46. The van der Waals surface area contributed by atoms with Crippen molar-refractivity contribution in [2.75, 3.05) is 0 Å². The lowest BCUT2D eigenvalue weighted by Gasteiger charge is -2.17. The van der Waals surface area contributed by atoms with Gasteiger partial charge in [0.25, 0.3) is 0 Å². The summed E-state index contributed by atoms with van der Waals surface area (Å²) in [5.41, 5.74) is 6.23. The smallest absolute Gasteiger partial charge is 0.240 e. The molecule has 86 valence electrons. The van der Waals surface area contributed by atoms with Crippen LogP contribution in [0.1, 0.15) is 31.4 Å². The van der Waals surface area contributed by atoms with Crippen LogP contribution in [0, 0.1) is 0 Å². The molecule has 1 aromatic carbocycles. The zero-order chi connectivity index (χ0) is 11.8. The maximum Gasteiger partial charge on any atom is 0.240 e. The van der Waals surface area contributed by atoms with Crippen LogP contribution in [0.15, 0.2) is 24.3 Å². The topological polar surface area (TPSA) is 55.1 Å². The number of benzene rings is 1. The predicted octanol–water partition coefficient (Wildman–Crippen LogP) is 2.01. The van der Waals surface area contributed by atoms with Gasteiger partial charge in [-0.05, 0) is 37.5 Å². The van der Waals surface area contributed by atoms with E-state index >= 15 is 0 Å². The first-order chi connectivity index (χ1) is 7.51. The lowest BCUT2D eigenvalue weighted by Crippen LogP contribution is -2.43. The summed E-state index contributed by atoms with van der Waals surface area (Å²) in [5, 5.41) is 3.61. The van der Waals surface area contributed by atoms with Gasteiger partial charge in [-0.2, -0.15) is 0 Å². The number of rotatable bonds is 3. The van der Waals surface area contributed by atoms with E-state index in [1.165, 1.54) is 0 Å². The number of hydrogen-bond acceptors (Lipinski definition) is 2. The summed E-state index contributed by atoms with van der Waals surface area (Å²) in [7, 11) is 0. The maximum absolute atomic E-state index is 11.7. The summed E-state index contributed by atoms with van der Waals surface area (Å²) in [5.74, 6) is -0.0602. The second-order valence-electron chi connectivity index (χ2n) is 4.40. The predicted molar refractivity (Wildman–Crippen MR) is 64.2 cm³/mol. The molecular formula is C12H15ClN2O. The van der Waals surface area contributed by atoms with E-state index in [1.54, 1.807) is 0 Å². The van der Waals surface area contributed by atoms with Crippen LogP contribution in [0.25, 0.3) is 0 Å². The molecule has 4 heteroatoms. The van der Waals surface area contributed by atoms with Gasteiger partial charge in [0.05, 0.1) is 11.6 Å². The van der Waals surface area contributed by atoms with Crippen molar-refractivity contribution in [1.29, 1.82) is 0 Å². The molecule has 1 aliphatic rings. The largest absolute Gasteiger partial charge is 0.348 e. The van der Waals surface area contributed by atoms with Gasteiger partial charge in [-0.25, -0.2) is 0 Å². The van der Waals surface area contributed by atoms with Crippen molar-refractivity contribution >= 4 is 17.5 Å². The van der Waals surface area contributed by atoms with Gasteiger partial charge in [-0.1, -0.05) is 23.7 Å². The van der Waals surface area contributed by atoms with Gasteiger partial charge in [0, 0.05) is 5.02 Å². The van der Waals surface area contributed by atoms with Crippen molar-refractivity contribution in [2.45, 2.75) is 31.3 Å². The summed E-state index contributed by atoms with van der Waals surface area (Å²) in [6, 6.07) is 7.40. The number of halogens is 1. The number of amides is 1. The highest BCUT2D eigenvalue weighted by molar-refractivity contribution is 6.30. The summed E-state index contributed by atoms with van der Waals surface area (Å²) in [6.45, 7) is 1.94. The fourth-order valence-corrected chi connectivity index (χ4v) is 1.66. The fourth-order valence-electron chi connectivity index (χ4n) is 1.54. The summed E-state index contributed by atoms with van der Waals surface area (Å²) in [6.07, 6.45) is 1.57. The van der Waals surface area contributed by atoms with E-state index < -0.39 is 5.54 Å². The Kier molecular flexibility index (Phi) is 2.91. The Bertz CT molecular complexity index is 398. The Morgan fingerprint density at radius 1 is 1.44 bits per heavy atom. The molecule has 0 aromatic heterocycles. The van der Waals surface area contributed by atoms with Gasteiger partial charge in [-0.15, -0.1) is 0 Å². The van der Waals surface area contributed by atoms with E-state index in [0.29, 0.717) is 5.02 Å². The Hall–Kier alpha value is -1.06. The first kappa shape index (κ1) is 11.4. The van der Waals surface area contributed by atoms with E-state index in [9.17, 15) is 4.79 Å². The van der Waals surface area contributed by atoms with Crippen LogP contribution in [-0.4, -0.2) is 11.4 Å². The summed E-state index contributed by atoms with van der Waals surface area (Å²) >= 11 is 5.80. The monoisotopic (exact) mass is 238 g/mol. The van der Waals surface area contributed by atoms with Gasteiger partial charge in [-0.3, -0.25) is 4.79 Å². The molecule has 1 aliphatic carbocycles. The minimum atomic E-state index is -0.610. The lowest BCUT2D eigenvalue weighted by molar-refractivity contribution is -0.123. The molecule has 0 bridgehead atoms. The molecule has 0 unspecified atom stereocenters. The number of nitrogens with one attached hydrogen (secondary N) is 1. The van der Waals surface area contributed by atoms with Crippen LogP contribution in [0.4, 0.5) is 0 Å². The highest BCUT2D eigenvalue weighted by Crippen LogP contribution is 2.32. The fraction of sp³-hybridized carbons (Fsp3) is 0.417. The quantitative estimate of drug-likeness (QED) is 0.847. The van der Waals surface area contributed by atoms with Crippen LogP contribution in [0.5, 0.6) is 0 Å². The molecule has 0 spiro atoms. The molecule has 1 saturated carbocycles. The number of hydrogen-bond donors (Lipinski definition) is 2. The van der Waals surface area contributed by atoms with Crippen LogP contribution >= 0.6 is 11.6 Å². The third kappa shape index (κ3) is 2.36. The lowest BCUT2D eigenvalue weighted by atomic mass is 10.1. The van der Waals surface area contributed by atoms with Gasteiger partial charge in [0.15, 0.2) is 0 Å². The minimum absolute atomic E-state index is 0.0363. The second kappa shape index (κ2) is 4.07. The van der Waals surface area contributed by atoms with Crippen LogP contribution in [0.3, 0.4) is 0 Å². The van der Waals surface area contributed by atoms with E-state index in [-0.39, 0.29) is 11.9 Å². The summed E-state index contributed by atoms with van der Waals surface area (Å²) < 4.78 is 0. The van der Waals surface area contributed by atoms with Crippen molar-refractivity contribution in [3.05, 3.63) is 34.9 Å². The molecule has 0 saturated heterocycles. The number of carbonyl (C=O) groups is 1. The average Bonchev–Trinajstić information content (AvgIpc) is 2.99. The minimum Gasteiger partial charge on any atom is -0.348 e. The van der Waals surface area contributed by atoms with E-state index in [0.717, 1.165) is 18.4 Å². The van der Waals surface area contributed by atoms with Crippen molar-refractivity contribution in [1.82, 2.24) is 5.32 Å². The molecule has 2 rings (SSSR count). The molecular weight excluding hydrogens is 224 g/mol. The molecule has 3 nitrogen and oxygen atoms in total.